The van der Waals surface area contributed by atoms with Crippen LogP contribution in [0.15, 0.2) is 17.2 Å². The van der Waals surface area contributed by atoms with Crippen LogP contribution in [-0.2, 0) is 7.05 Å². The Balaban J connectivity index is 1.64. The monoisotopic (exact) mass is 371 g/mol. The lowest BCUT2D eigenvalue weighted by atomic mass is 10.2. The van der Waals surface area contributed by atoms with Gasteiger partial charge in [0, 0.05) is 25.8 Å². The van der Waals surface area contributed by atoms with E-state index in [1.165, 1.54) is 22.2 Å². The summed E-state index contributed by atoms with van der Waals surface area (Å²) in [5.74, 6) is -0.0171. The number of carbonyl (C=O) groups excluding carboxylic acids is 1. The fraction of sp³-hybridized carbons (Fsp3) is 0.444. The molecule has 0 radical (unpaired) electrons. The number of carbonyl (C=O) groups is 1. The van der Waals surface area contributed by atoms with Gasteiger partial charge in [-0.15, -0.1) is 11.3 Å². The van der Waals surface area contributed by atoms with E-state index >= 15 is 0 Å². The highest BCUT2D eigenvalue weighted by molar-refractivity contribution is 7.20. The third-order valence-electron chi connectivity index (χ3n) is 5.05. The molecule has 0 N–H and O–H groups in total. The van der Waals surface area contributed by atoms with Gasteiger partial charge in [0.05, 0.1) is 28.3 Å². The highest BCUT2D eigenvalue weighted by atomic mass is 32.1. The van der Waals surface area contributed by atoms with Gasteiger partial charge in [-0.3, -0.25) is 14.3 Å². The molecule has 0 spiro atoms. The van der Waals surface area contributed by atoms with Crippen molar-refractivity contribution in [3.63, 3.8) is 0 Å². The Morgan fingerprint density at radius 2 is 2.08 bits per heavy atom. The van der Waals surface area contributed by atoms with Gasteiger partial charge in [0.1, 0.15) is 4.83 Å². The Hall–Kier alpha value is -2.48. The first-order valence-electron chi connectivity index (χ1n) is 8.63. The zero-order valence-corrected chi connectivity index (χ0v) is 16.1. The maximum absolute atomic E-state index is 13.1. The highest BCUT2D eigenvalue weighted by Gasteiger charge is 2.31. The van der Waals surface area contributed by atoms with Crippen molar-refractivity contribution in [2.75, 3.05) is 13.1 Å². The lowest BCUT2D eigenvalue weighted by Gasteiger charge is -2.17. The number of fused-ring (bicyclic) bond motifs is 1. The van der Waals surface area contributed by atoms with Crippen LogP contribution in [-0.4, -0.2) is 43.2 Å². The van der Waals surface area contributed by atoms with Crippen LogP contribution in [0.3, 0.4) is 0 Å². The molecule has 0 saturated carbocycles. The van der Waals surface area contributed by atoms with Crippen LogP contribution in [0.25, 0.3) is 10.2 Å². The lowest BCUT2D eigenvalue weighted by Crippen LogP contribution is -2.29. The van der Waals surface area contributed by atoms with E-state index in [2.05, 4.69) is 16.1 Å². The molecule has 0 aromatic carbocycles. The predicted octanol–water partition coefficient (Wildman–Crippen LogP) is 2.20. The second-order valence-electron chi connectivity index (χ2n) is 6.96. The van der Waals surface area contributed by atoms with Crippen molar-refractivity contribution in [1.82, 2.24) is 24.2 Å². The van der Waals surface area contributed by atoms with Crippen LogP contribution in [0, 0.1) is 20.8 Å². The lowest BCUT2D eigenvalue weighted by molar-refractivity contribution is 0.0791. The number of aromatic nitrogens is 4. The molecule has 7 nitrogen and oxygen atoms in total. The minimum absolute atomic E-state index is 0.0171. The molecule has 8 heteroatoms. The van der Waals surface area contributed by atoms with Crippen molar-refractivity contribution >= 4 is 27.5 Å². The SMILES string of the molecule is Cc1cc(C)n([C@@H]2CCN(C(=O)c3sc4ncn(C)c(=O)c4c3C)C2)n1. The van der Waals surface area contributed by atoms with Gasteiger partial charge in [-0.1, -0.05) is 0 Å². The number of hydrogen-bond acceptors (Lipinski definition) is 5. The van der Waals surface area contributed by atoms with Gasteiger partial charge >= 0.3 is 0 Å². The van der Waals surface area contributed by atoms with Crippen molar-refractivity contribution in [2.24, 2.45) is 7.05 Å². The molecule has 4 rings (SSSR count). The van der Waals surface area contributed by atoms with E-state index in [4.69, 9.17) is 0 Å². The van der Waals surface area contributed by atoms with Crippen molar-refractivity contribution in [2.45, 2.75) is 33.2 Å². The molecule has 1 fully saturated rings. The first-order chi connectivity index (χ1) is 12.4. The number of amides is 1. The highest BCUT2D eigenvalue weighted by Crippen LogP contribution is 2.31. The molecule has 1 aliphatic rings. The summed E-state index contributed by atoms with van der Waals surface area (Å²) >= 11 is 1.31. The average molecular weight is 371 g/mol. The molecule has 3 aromatic heterocycles. The zero-order valence-electron chi connectivity index (χ0n) is 15.3. The number of nitrogens with zero attached hydrogens (tertiary/aromatic N) is 5. The first kappa shape index (κ1) is 17.0. The topological polar surface area (TPSA) is 73.0 Å². The molecule has 1 saturated heterocycles. The number of aryl methyl sites for hydroxylation is 4. The number of thiophene rings is 1. The van der Waals surface area contributed by atoms with Gasteiger partial charge in [-0.05, 0) is 38.8 Å². The number of likely N-dealkylation sites (tertiary alicyclic amines) is 1. The molecule has 0 bridgehead atoms. The van der Waals surface area contributed by atoms with Gasteiger partial charge < -0.3 is 9.47 Å². The van der Waals surface area contributed by atoms with Gasteiger partial charge in [0.2, 0.25) is 0 Å². The van der Waals surface area contributed by atoms with Crippen LogP contribution < -0.4 is 5.56 Å². The van der Waals surface area contributed by atoms with Crippen LogP contribution in [0.2, 0.25) is 0 Å². The maximum Gasteiger partial charge on any atom is 0.264 e. The van der Waals surface area contributed by atoms with E-state index in [1.807, 2.05) is 30.4 Å². The van der Waals surface area contributed by atoms with Gasteiger partial charge in [0.25, 0.3) is 11.5 Å². The summed E-state index contributed by atoms with van der Waals surface area (Å²) in [5.41, 5.74) is 2.74. The van der Waals surface area contributed by atoms with Crippen LogP contribution >= 0.6 is 11.3 Å². The van der Waals surface area contributed by atoms with Crippen LogP contribution in [0.4, 0.5) is 0 Å². The van der Waals surface area contributed by atoms with Crippen LogP contribution in [0.5, 0.6) is 0 Å². The molecule has 0 aliphatic carbocycles. The standard InChI is InChI=1S/C18H21N5O2S/c1-10-7-11(2)23(20-10)13-5-6-22(8-13)18(25)15-12(3)14-16(26-15)19-9-21(4)17(14)24/h7,9,13H,5-6,8H2,1-4H3/t13-/m1/s1. The summed E-state index contributed by atoms with van der Waals surface area (Å²) < 4.78 is 3.47. The fourth-order valence-electron chi connectivity index (χ4n) is 3.70. The summed E-state index contributed by atoms with van der Waals surface area (Å²) in [4.78, 5) is 32.9. The molecule has 1 amide bonds. The van der Waals surface area contributed by atoms with Gasteiger partial charge in [0.15, 0.2) is 0 Å². The molecule has 1 aliphatic heterocycles. The van der Waals surface area contributed by atoms with Crippen molar-refractivity contribution in [3.05, 3.63) is 44.6 Å². The molecular formula is C18H21N5O2S. The molecule has 0 unspecified atom stereocenters. The molecule has 4 heterocycles. The summed E-state index contributed by atoms with van der Waals surface area (Å²) in [7, 11) is 1.67. The third-order valence-corrected chi connectivity index (χ3v) is 6.23. The average Bonchev–Trinajstić information content (AvgIpc) is 3.28. The second kappa shape index (κ2) is 6.05. The number of rotatable bonds is 2. The van der Waals surface area contributed by atoms with E-state index in [0.717, 1.165) is 23.4 Å². The van der Waals surface area contributed by atoms with E-state index in [9.17, 15) is 9.59 Å². The summed E-state index contributed by atoms with van der Waals surface area (Å²) in [5, 5.41) is 5.11. The van der Waals surface area contributed by atoms with E-state index < -0.39 is 0 Å². The number of hydrogen-bond donors (Lipinski definition) is 0. The Bertz CT molecular complexity index is 1080. The molecule has 26 heavy (non-hydrogen) atoms. The Morgan fingerprint density at radius 1 is 1.31 bits per heavy atom. The summed E-state index contributed by atoms with van der Waals surface area (Å²) in [6.07, 6.45) is 2.39. The summed E-state index contributed by atoms with van der Waals surface area (Å²) in [6.45, 7) is 7.20. The van der Waals surface area contributed by atoms with Gasteiger partial charge in [-0.2, -0.15) is 5.10 Å². The van der Waals surface area contributed by atoms with Crippen LogP contribution in [0.1, 0.15) is 39.1 Å². The van der Waals surface area contributed by atoms with E-state index in [1.54, 1.807) is 7.05 Å². The molecular weight excluding hydrogens is 350 g/mol. The maximum atomic E-state index is 13.1. The minimum Gasteiger partial charge on any atom is -0.336 e. The van der Waals surface area contributed by atoms with Crippen molar-refractivity contribution in [3.8, 4) is 0 Å². The smallest absolute Gasteiger partial charge is 0.264 e. The van der Waals surface area contributed by atoms with Gasteiger partial charge in [-0.25, -0.2) is 4.98 Å². The minimum atomic E-state index is -0.107. The van der Waals surface area contributed by atoms with Crippen molar-refractivity contribution in [1.29, 1.82) is 0 Å². The third kappa shape index (κ3) is 2.56. The molecule has 1 atom stereocenters. The Morgan fingerprint density at radius 3 is 2.77 bits per heavy atom. The largest absolute Gasteiger partial charge is 0.336 e. The second-order valence-corrected chi connectivity index (χ2v) is 7.96. The predicted molar refractivity (Wildman–Crippen MR) is 101 cm³/mol. The zero-order chi connectivity index (χ0) is 18.6. The van der Waals surface area contributed by atoms with Crippen molar-refractivity contribution < 1.29 is 4.79 Å². The summed E-state index contributed by atoms with van der Waals surface area (Å²) in [6, 6.07) is 2.26. The molecule has 136 valence electrons. The quantitative estimate of drug-likeness (QED) is 0.692. The first-order valence-corrected chi connectivity index (χ1v) is 9.45. The fourth-order valence-corrected chi connectivity index (χ4v) is 4.81. The van der Waals surface area contributed by atoms with E-state index in [-0.39, 0.29) is 17.5 Å². The molecule has 3 aromatic rings. The normalized spacial score (nSPS) is 17.4. The Labute approximate surface area is 154 Å². The van der Waals surface area contributed by atoms with E-state index in [0.29, 0.717) is 28.2 Å². The Kier molecular flexibility index (Phi) is 3.95.